The van der Waals surface area contributed by atoms with E-state index in [2.05, 4.69) is 114 Å². The summed E-state index contributed by atoms with van der Waals surface area (Å²) in [5.74, 6) is 0. The lowest BCUT2D eigenvalue weighted by molar-refractivity contribution is 0.671. The van der Waals surface area contributed by atoms with E-state index >= 15 is 0 Å². The average molecular weight is 434 g/mol. The monoisotopic (exact) mass is 433 g/mol. The lowest BCUT2D eigenvalue weighted by Crippen LogP contribution is -1.94. The molecule has 2 heteroatoms. The summed E-state index contributed by atoms with van der Waals surface area (Å²) >= 11 is 0. The van der Waals surface area contributed by atoms with Gasteiger partial charge in [0.2, 0.25) is 0 Å². The first-order valence-electron chi connectivity index (χ1n) is 11.6. The third-order valence-corrected chi connectivity index (χ3v) is 7.17. The Hall–Kier alpha value is -4.56. The van der Waals surface area contributed by atoms with E-state index in [1.165, 1.54) is 37.8 Å². The normalized spacial score (nSPS) is 12.1. The van der Waals surface area contributed by atoms with Crippen LogP contribution in [0.5, 0.6) is 0 Å². The molecular weight excluding hydrogens is 414 g/mol. The van der Waals surface area contributed by atoms with Crippen molar-refractivity contribution < 1.29 is 4.42 Å². The molecule has 0 aliphatic rings. The molecule has 0 spiro atoms. The molecule has 158 valence electrons. The van der Waals surface area contributed by atoms with Gasteiger partial charge < -0.3 is 8.98 Å². The summed E-state index contributed by atoms with van der Waals surface area (Å²) in [5, 5.41) is 9.79. The fourth-order valence-electron chi connectivity index (χ4n) is 5.63. The molecule has 0 radical (unpaired) electrons. The number of aromatic nitrogens is 1. The van der Waals surface area contributed by atoms with Crippen LogP contribution in [-0.4, -0.2) is 4.57 Å². The Kier molecular flexibility index (Phi) is 3.42. The second-order valence-corrected chi connectivity index (χ2v) is 8.98. The molecule has 8 aromatic rings. The summed E-state index contributed by atoms with van der Waals surface area (Å²) in [6.45, 7) is 0. The number of hydrogen-bond acceptors (Lipinski definition) is 1. The van der Waals surface area contributed by atoms with E-state index in [1.807, 2.05) is 6.07 Å². The standard InChI is InChI=1S/C32H19NO/c1-2-8-23-20(7-1)13-14-21-15-16-22(19-28(21)23)33-29-11-5-3-9-24(29)26-17-18-27-25-10-4-6-12-30(25)34-32(27)31(26)33/h1-19H. The van der Waals surface area contributed by atoms with Gasteiger partial charge in [0.15, 0.2) is 5.58 Å². The largest absolute Gasteiger partial charge is 0.454 e. The molecule has 0 aliphatic heterocycles. The molecule has 0 atom stereocenters. The average Bonchev–Trinajstić information content (AvgIpc) is 3.44. The smallest absolute Gasteiger partial charge is 0.160 e. The van der Waals surface area contributed by atoms with Crippen molar-refractivity contribution in [3.8, 4) is 5.69 Å². The Morgan fingerprint density at radius 3 is 2.06 bits per heavy atom. The van der Waals surface area contributed by atoms with Crippen LogP contribution in [0.25, 0.3) is 71.0 Å². The predicted octanol–water partition coefficient (Wildman–Crippen LogP) is 8.99. The van der Waals surface area contributed by atoms with Gasteiger partial charge in [-0.1, -0.05) is 84.9 Å². The summed E-state index contributed by atoms with van der Waals surface area (Å²) in [6, 6.07) is 41.2. The highest BCUT2D eigenvalue weighted by Gasteiger charge is 2.18. The van der Waals surface area contributed by atoms with Gasteiger partial charge in [-0.15, -0.1) is 0 Å². The van der Waals surface area contributed by atoms with Gasteiger partial charge in [0.25, 0.3) is 0 Å². The van der Waals surface area contributed by atoms with Crippen molar-refractivity contribution in [1.29, 1.82) is 0 Å². The first-order valence-corrected chi connectivity index (χ1v) is 11.6. The van der Waals surface area contributed by atoms with Gasteiger partial charge in [-0.3, -0.25) is 0 Å². The van der Waals surface area contributed by atoms with Crippen LogP contribution in [0.15, 0.2) is 120 Å². The van der Waals surface area contributed by atoms with E-state index < -0.39 is 0 Å². The SMILES string of the molecule is c1ccc2c(c1)ccc1ccc(-n3c4ccccc4c4ccc5c6ccccc6oc5c43)cc12. The van der Waals surface area contributed by atoms with E-state index in [9.17, 15) is 0 Å². The van der Waals surface area contributed by atoms with Crippen molar-refractivity contribution in [1.82, 2.24) is 4.57 Å². The molecule has 0 aliphatic carbocycles. The molecule has 34 heavy (non-hydrogen) atoms. The fourth-order valence-corrected chi connectivity index (χ4v) is 5.63. The van der Waals surface area contributed by atoms with Crippen molar-refractivity contribution in [2.24, 2.45) is 0 Å². The number of benzene rings is 6. The lowest BCUT2D eigenvalue weighted by atomic mass is 10.0. The van der Waals surface area contributed by atoms with Gasteiger partial charge in [0.1, 0.15) is 5.58 Å². The van der Waals surface area contributed by atoms with Crippen LogP contribution in [-0.2, 0) is 0 Å². The first-order chi connectivity index (χ1) is 16.9. The predicted molar refractivity (Wildman–Crippen MR) is 143 cm³/mol. The number of fused-ring (bicyclic) bond motifs is 10. The third-order valence-electron chi connectivity index (χ3n) is 7.17. The number of nitrogens with zero attached hydrogens (tertiary/aromatic N) is 1. The minimum atomic E-state index is 0.923. The van der Waals surface area contributed by atoms with E-state index in [1.54, 1.807) is 0 Å². The minimum absolute atomic E-state index is 0.923. The summed E-state index contributed by atoms with van der Waals surface area (Å²) in [4.78, 5) is 0. The maximum Gasteiger partial charge on any atom is 0.160 e. The molecule has 0 saturated carbocycles. The fraction of sp³-hybridized carbons (Fsp3) is 0. The molecule has 0 bridgehead atoms. The molecule has 0 N–H and O–H groups in total. The summed E-state index contributed by atoms with van der Waals surface area (Å²) in [6.07, 6.45) is 0. The maximum absolute atomic E-state index is 6.49. The highest BCUT2D eigenvalue weighted by Crippen LogP contribution is 2.40. The second-order valence-electron chi connectivity index (χ2n) is 8.98. The highest BCUT2D eigenvalue weighted by atomic mass is 16.3. The van der Waals surface area contributed by atoms with Crippen molar-refractivity contribution >= 4 is 65.3 Å². The van der Waals surface area contributed by atoms with E-state index in [4.69, 9.17) is 4.42 Å². The lowest BCUT2D eigenvalue weighted by Gasteiger charge is -2.11. The Morgan fingerprint density at radius 2 is 1.15 bits per heavy atom. The molecule has 0 unspecified atom stereocenters. The number of para-hydroxylation sites is 2. The number of hydrogen-bond donors (Lipinski definition) is 0. The van der Waals surface area contributed by atoms with Crippen LogP contribution in [0.1, 0.15) is 0 Å². The van der Waals surface area contributed by atoms with Crippen LogP contribution >= 0.6 is 0 Å². The quantitative estimate of drug-likeness (QED) is 0.236. The van der Waals surface area contributed by atoms with Crippen LogP contribution in [0.2, 0.25) is 0 Å². The topological polar surface area (TPSA) is 18.1 Å². The Bertz CT molecular complexity index is 2070. The van der Waals surface area contributed by atoms with Gasteiger partial charge >= 0.3 is 0 Å². The van der Waals surface area contributed by atoms with Gasteiger partial charge in [0.05, 0.1) is 11.0 Å². The van der Waals surface area contributed by atoms with Gasteiger partial charge in [0, 0.05) is 27.2 Å². The van der Waals surface area contributed by atoms with Crippen LogP contribution < -0.4 is 0 Å². The number of rotatable bonds is 1. The Labute approximate surface area is 195 Å². The zero-order valence-electron chi connectivity index (χ0n) is 18.3. The molecule has 6 aromatic carbocycles. The molecule has 2 aromatic heterocycles. The second kappa shape index (κ2) is 6.49. The van der Waals surface area contributed by atoms with Gasteiger partial charge in [-0.25, -0.2) is 0 Å². The minimum Gasteiger partial charge on any atom is -0.454 e. The Morgan fingerprint density at radius 1 is 0.471 bits per heavy atom. The highest BCUT2D eigenvalue weighted by molar-refractivity contribution is 6.21. The van der Waals surface area contributed by atoms with Crippen molar-refractivity contribution in [2.75, 3.05) is 0 Å². The number of furan rings is 1. The molecular formula is C32H19NO. The van der Waals surface area contributed by atoms with Crippen LogP contribution in [0.3, 0.4) is 0 Å². The zero-order chi connectivity index (χ0) is 22.2. The molecule has 2 nitrogen and oxygen atoms in total. The molecule has 8 rings (SSSR count). The molecule has 0 amide bonds. The van der Waals surface area contributed by atoms with E-state index in [0.29, 0.717) is 0 Å². The van der Waals surface area contributed by atoms with Gasteiger partial charge in [-0.05, 0) is 51.9 Å². The molecule has 2 heterocycles. The maximum atomic E-state index is 6.49. The first kappa shape index (κ1) is 17.9. The van der Waals surface area contributed by atoms with E-state index in [-0.39, 0.29) is 0 Å². The molecule has 0 saturated heterocycles. The summed E-state index contributed by atoms with van der Waals surface area (Å²) < 4.78 is 8.87. The summed E-state index contributed by atoms with van der Waals surface area (Å²) in [5.41, 5.74) is 5.31. The Balaban J connectivity index is 1.57. The van der Waals surface area contributed by atoms with Crippen molar-refractivity contribution in [3.05, 3.63) is 115 Å². The molecule has 0 fully saturated rings. The van der Waals surface area contributed by atoms with Crippen LogP contribution in [0, 0.1) is 0 Å². The van der Waals surface area contributed by atoms with Crippen LogP contribution in [0.4, 0.5) is 0 Å². The third kappa shape index (κ3) is 2.29. The van der Waals surface area contributed by atoms with E-state index in [0.717, 1.165) is 33.1 Å². The van der Waals surface area contributed by atoms with Crippen molar-refractivity contribution in [2.45, 2.75) is 0 Å². The van der Waals surface area contributed by atoms with Gasteiger partial charge in [-0.2, -0.15) is 0 Å². The van der Waals surface area contributed by atoms with Crippen molar-refractivity contribution in [3.63, 3.8) is 0 Å². The summed E-state index contributed by atoms with van der Waals surface area (Å²) in [7, 11) is 0. The zero-order valence-corrected chi connectivity index (χ0v) is 18.3.